The van der Waals surface area contributed by atoms with Crippen LogP contribution in [-0.2, 0) is 56.4 Å². The summed E-state index contributed by atoms with van der Waals surface area (Å²) in [7, 11) is 5.79. The number of aldehydes is 1. The summed E-state index contributed by atoms with van der Waals surface area (Å²) in [5.74, 6) is 2.62. The molecule has 6 saturated heterocycles. The third-order valence-corrected chi connectivity index (χ3v) is 23.4. The van der Waals surface area contributed by atoms with Crippen LogP contribution in [0.4, 0.5) is 17.5 Å². The molecule has 109 heavy (non-hydrogen) atoms. The standard InChI is InChI=1S/C28H36N8O.C28H30N8O.C26H29N7O2/c2*1-34-18-22(17-33-34)21-6-4-7-23(16-21)28(9-5-12-29)10-13-35(14-11-28)26-25-27(31-19-30-26)36(20-32-25)24-8-2-3-15-37-24;1-31-15-20(14-30-31)19-5-4-6-21(13-19)26(16-34)8-10-32(11-9-26)24-23-25(28-17-27-24)33(18-29-23)22-7-2-3-12-35-22/h4,6-7,16-20,24H,2-3,5,8-15,29H2,1H3;4-7,9,16-20,24H,2-3,8,10-11,13-15H2,1H3;4-6,13-18,22H,2-3,7-12H2,1H3. The van der Waals surface area contributed by atoms with Crippen molar-refractivity contribution in [3.63, 3.8) is 0 Å². The van der Waals surface area contributed by atoms with Crippen LogP contribution in [0.2, 0.25) is 0 Å². The Morgan fingerprint density at radius 2 is 0.853 bits per heavy atom. The van der Waals surface area contributed by atoms with Gasteiger partial charge in [-0.3, -0.25) is 27.7 Å². The van der Waals surface area contributed by atoms with Gasteiger partial charge in [-0.15, -0.1) is 0 Å². The van der Waals surface area contributed by atoms with Crippen LogP contribution in [0, 0.1) is 11.3 Å². The summed E-state index contributed by atoms with van der Waals surface area (Å²) >= 11 is 0. The number of hydrogen-bond donors (Lipinski definition) is 1. The summed E-state index contributed by atoms with van der Waals surface area (Å²) in [6.45, 7) is 7.91. The second-order valence-electron chi connectivity index (χ2n) is 30.0. The minimum atomic E-state index is -0.518. The normalized spacial score (nSPS) is 20.0. The number of anilines is 3. The fraction of sp³-hybridized carbons (Fsp3) is 0.439. The van der Waals surface area contributed by atoms with Gasteiger partial charge in [0.25, 0.3) is 0 Å². The molecular formula is C82H95N23O4. The monoisotopic (exact) mass is 1470 g/mol. The summed E-state index contributed by atoms with van der Waals surface area (Å²) in [5.41, 5.74) is 20.7. The van der Waals surface area contributed by atoms with Gasteiger partial charge in [0.1, 0.15) is 44.0 Å². The quantitative estimate of drug-likeness (QED) is 0.0654. The SMILES string of the molecule is Cn1cc(-c2cccc(C3(C=CC#N)CCN(c4ncnc5c4ncn5C4CCCCO4)CC3)c2)cn1.Cn1cc(-c2cccc(C3(C=O)CCN(c4ncnc5c4ncn5C4CCCCO4)CC3)c2)cn1.Cn1cc(-c2cccc(C3(CCCN)CCN(c4ncnc5c4ncn5C4CCCCO4)CC3)c2)cn1. The fourth-order valence-electron chi connectivity index (χ4n) is 17.2. The predicted molar refractivity (Wildman–Crippen MR) is 417 cm³/mol. The molecule has 12 aromatic rings. The lowest BCUT2D eigenvalue weighted by atomic mass is 9.69. The van der Waals surface area contributed by atoms with Crippen LogP contribution in [0.1, 0.15) is 145 Å². The van der Waals surface area contributed by atoms with Crippen LogP contribution >= 0.6 is 0 Å². The molecule has 15 heterocycles. The first-order chi connectivity index (χ1) is 53.5. The van der Waals surface area contributed by atoms with Crippen molar-refractivity contribution in [2.75, 3.05) is 80.3 Å². The Balaban J connectivity index is 0.000000125. The summed E-state index contributed by atoms with van der Waals surface area (Å²) in [6.07, 6.45) is 44.1. The Kier molecular flexibility index (Phi) is 21.3. The lowest BCUT2D eigenvalue weighted by Crippen LogP contribution is -2.44. The molecule has 6 fully saturated rings. The minimum absolute atomic E-state index is 0.0128. The summed E-state index contributed by atoms with van der Waals surface area (Å²) < 4.78 is 29.6. The maximum Gasteiger partial charge on any atom is 0.167 e. The van der Waals surface area contributed by atoms with Gasteiger partial charge in [-0.25, -0.2) is 44.9 Å². The molecular weight excluding hydrogens is 1370 g/mol. The number of nitrogens with zero attached hydrogens (tertiary/aromatic N) is 22. The zero-order chi connectivity index (χ0) is 74.3. The molecule has 27 nitrogen and oxygen atoms in total. The first-order valence-electron chi connectivity index (χ1n) is 38.7. The van der Waals surface area contributed by atoms with E-state index in [0.717, 1.165) is 240 Å². The summed E-state index contributed by atoms with van der Waals surface area (Å²) in [4.78, 5) is 61.1. The van der Waals surface area contributed by atoms with Crippen molar-refractivity contribution in [3.8, 4) is 39.4 Å². The summed E-state index contributed by atoms with van der Waals surface area (Å²) in [5, 5.41) is 22.3. The average Bonchev–Trinajstić information content (AvgIpc) is 1.73. The van der Waals surface area contributed by atoms with Crippen LogP contribution in [0.15, 0.2) is 160 Å². The van der Waals surface area contributed by atoms with E-state index < -0.39 is 5.41 Å². The Morgan fingerprint density at radius 1 is 0.477 bits per heavy atom. The largest absolute Gasteiger partial charge is 0.358 e. The van der Waals surface area contributed by atoms with Crippen LogP contribution in [0.25, 0.3) is 66.9 Å². The molecule has 0 amide bonds. The van der Waals surface area contributed by atoms with E-state index in [4.69, 9.17) is 34.9 Å². The molecule has 0 spiro atoms. The van der Waals surface area contributed by atoms with Crippen molar-refractivity contribution in [2.24, 2.45) is 26.9 Å². The molecule has 18 rings (SSSR count). The number of nitrogens with two attached hydrogens (primary N) is 1. The number of rotatable bonds is 17. The Bertz CT molecular complexity index is 5170. The molecule has 6 aliphatic heterocycles. The van der Waals surface area contributed by atoms with Gasteiger partial charge in [-0.1, -0.05) is 78.9 Å². The number of aryl methyl sites for hydroxylation is 3. The van der Waals surface area contributed by atoms with Crippen LogP contribution in [0.3, 0.4) is 0 Å². The lowest BCUT2D eigenvalue weighted by molar-refractivity contribution is -0.113. The molecule has 9 aromatic heterocycles. The van der Waals surface area contributed by atoms with E-state index in [2.05, 4.69) is 150 Å². The predicted octanol–water partition coefficient (Wildman–Crippen LogP) is 12.4. The second-order valence-corrected chi connectivity index (χ2v) is 30.0. The zero-order valence-electron chi connectivity index (χ0n) is 62.5. The topological polar surface area (TPSA) is 289 Å². The van der Waals surface area contributed by atoms with Crippen molar-refractivity contribution >= 4 is 57.2 Å². The highest BCUT2D eigenvalue weighted by atomic mass is 16.5. The van der Waals surface area contributed by atoms with Gasteiger partial charge in [0.05, 0.1) is 49.1 Å². The molecule has 3 atom stereocenters. The van der Waals surface area contributed by atoms with E-state index in [1.807, 2.05) is 95.7 Å². The van der Waals surface area contributed by atoms with E-state index in [1.54, 1.807) is 29.7 Å². The van der Waals surface area contributed by atoms with Gasteiger partial charge in [0.15, 0.2) is 50.9 Å². The van der Waals surface area contributed by atoms with Gasteiger partial charge in [0.2, 0.25) is 0 Å². The number of carbonyl (C=O) groups is 1. The van der Waals surface area contributed by atoms with Gasteiger partial charge >= 0.3 is 0 Å². The zero-order valence-corrected chi connectivity index (χ0v) is 62.5. The maximum atomic E-state index is 12.5. The van der Waals surface area contributed by atoms with Gasteiger partial charge < -0.3 is 39.4 Å². The molecule has 6 aliphatic rings. The van der Waals surface area contributed by atoms with Crippen LogP contribution < -0.4 is 20.4 Å². The maximum absolute atomic E-state index is 12.5. The number of piperidine rings is 3. The minimum Gasteiger partial charge on any atom is -0.358 e. The van der Waals surface area contributed by atoms with Crippen molar-refractivity contribution in [1.82, 2.24) is 87.9 Å². The van der Waals surface area contributed by atoms with E-state index in [0.29, 0.717) is 19.4 Å². The molecule has 562 valence electrons. The molecule has 0 radical (unpaired) electrons. The molecule has 3 aromatic carbocycles. The van der Waals surface area contributed by atoms with Crippen molar-refractivity contribution in [2.45, 2.75) is 144 Å². The van der Waals surface area contributed by atoms with E-state index in [-0.39, 0.29) is 29.5 Å². The third kappa shape index (κ3) is 15.0. The number of allylic oxidation sites excluding steroid dienone is 2. The first kappa shape index (κ1) is 72.3. The molecule has 3 unspecified atom stereocenters. The Labute approximate surface area is 633 Å². The summed E-state index contributed by atoms with van der Waals surface area (Å²) in [6, 6.07) is 28.1. The fourth-order valence-corrected chi connectivity index (χ4v) is 17.2. The van der Waals surface area contributed by atoms with Gasteiger partial charge in [-0.05, 0) is 154 Å². The van der Waals surface area contributed by atoms with E-state index in [9.17, 15) is 10.1 Å². The highest BCUT2D eigenvalue weighted by Crippen LogP contribution is 2.45. The van der Waals surface area contributed by atoms with Gasteiger partial charge in [0, 0.05) is 127 Å². The number of benzene rings is 3. The number of aromatic nitrogens is 18. The number of ether oxygens (including phenoxy) is 3. The van der Waals surface area contributed by atoms with Crippen molar-refractivity contribution < 1.29 is 19.0 Å². The van der Waals surface area contributed by atoms with Crippen molar-refractivity contribution in [1.29, 1.82) is 5.26 Å². The highest BCUT2D eigenvalue weighted by molar-refractivity contribution is 5.86. The molecule has 0 bridgehead atoms. The molecule has 0 aliphatic carbocycles. The third-order valence-electron chi connectivity index (χ3n) is 23.4. The average molecular weight is 1470 g/mol. The molecule has 2 N–H and O–H groups in total. The highest BCUT2D eigenvalue weighted by Gasteiger charge is 2.41. The molecule has 0 saturated carbocycles. The van der Waals surface area contributed by atoms with Crippen molar-refractivity contribution in [3.05, 3.63) is 177 Å². The second kappa shape index (κ2) is 32.1. The number of carbonyl (C=O) groups excluding carboxylic acids is 1. The lowest BCUT2D eigenvalue weighted by Gasteiger charge is -2.43. The first-order valence-corrected chi connectivity index (χ1v) is 38.7. The van der Waals surface area contributed by atoms with E-state index >= 15 is 0 Å². The Morgan fingerprint density at radius 3 is 1.21 bits per heavy atom. The Hall–Kier alpha value is -10.9. The molecule has 27 heteroatoms. The van der Waals surface area contributed by atoms with Crippen LogP contribution in [0.5, 0.6) is 0 Å². The number of hydrogen-bond acceptors (Lipinski definition) is 21. The van der Waals surface area contributed by atoms with Gasteiger partial charge in [-0.2, -0.15) is 20.6 Å². The number of nitriles is 1. The number of imidazole rings is 3. The van der Waals surface area contributed by atoms with Crippen LogP contribution in [-0.4, -0.2) is 160 Å². The smallest absolute Gasteiger partial charge is 0.167 e. The number of fused-ring (bicyclic) bond motifs is 3. The van der Waals surface area contributed by atoms with E-state index in [1.165, 1.54) is 23.1 Å².